The van der Waals surface area contributed by atoms with E-state index in [0.29, 0.717) is 4.60 Å². The fourth-order valence-corrected chi connectivity index (χ4v) is 1.33. The van der Waals surface area contributed by atoms with Gasteiger partial charge in [-0.05, 0) is 15.9 Å². The molecular weight excluding hydrogens is 254 g/mol. The number of aliphatic hydroxyl groups is 1. The maximum Gasteiger partial charge on any atom is 0.274 e. The molecule has 0 unspecified atom stereocenters. The van der Waals surface area contributed by atoms with Crippen LogP contribution in [0, 0.1) is 10.1 Å². The van der Waals surface area contributed by atoms with E-state index in [-0.39, 0.29) is 18.0 Å². The van der Waals surface area contributed by atoms with Crippen molar-refractivity contribution in [3.05, 3.63) is 32.5 Å². The zero-order valence-electron chi connectivity index (χ0n) is 7.05. The molecule has 0 saturated heterocycles. The van der Waals surface area contributed by atoms with E-state index in [4.69, 9.17) is 10.8 Å². The summed E-state index contributed by atoms with van der Waals surface area (Å²) in [5, 5.41) is 19.2. The highest BCUT2D eigenvalue weighted by Crippen LogP contribution is 2.20. The third kappa shape index (κ3) is 2.47. The largest absolute Gasteiger partial charge is 0.394 e. The van der Waals surface area contributed by atoms with Crippen LogP contribution >= 0.6 is 15.9 Å². The van der Waals surface area contributed by atoms with Crippen LogP contribution in [0.25, 0.3) is 0 Å². The Hall–Kier alpha value is -1.05. The number of nitrogens with zero attached hydrogens (tertiary/aromatic N) is 2. The van der Waals surface area contributed by atoms with Crippen LogP contribution in [0.3, 0.4) is 0 Å². The highest BCUT2D eigenvalue weighted by molar-refractivity contribution is 9.10. The minimum Gasteiger partial charge on any atom is -0.394 e. The SMILES string of the molecule is N[C@H](CO)c1cc([N+](=O)[O-])cc(Br)n1. The Morgan fingerprint density at radius 3 is 2.86 bits per heavy atom. The predicted octanol–water partition coefficient (Wildman–Crippen LogP) is 0.744. The van der Waals surface area contributed by atoms with Gasteiger partial charge in [0.15, 0.2) is 0 Å². The molecule has 0 fully saturated rings. The lowest BCUT2D eigenvalue weighted by molar-refractivity contribution is -0.385. The average Bonchev–Trinajstić information content (AvgIpc) is 2.15. The normalized spacial score (nSPS) is 12.5. The molecule has 0 aliphatic carbocycles. The average molecular weight is 262 g/mol. The summed E-state index contributed by atoms with van der Waals surface area (Å²) in [7, 11) is 0. The fraction of sp³-hybridized carbons (Fsp3) is 0.286. The summed E-state index contributed by atoms with van der Waals surface area (Å²) in [4.78, 5) is 13.8. The second-order valence-corrected chi connectivity index (χ2v) is 3.43. The van der Waals surface area contributed by atoms with Gasteiger partial charge in [0.2, 0.25) is 0 Å². The van der Waals surface area contributed by atoms with E-state index in [1.165, 1.54) is 12.1 Å². The standard InChI is InChI=1S/C7H8BrN3O3/c8-7-2-4(11(13)14)1-6(10-7)5(9)3-12/h1-2,5,12H,3,9H2/t5-/m1/s1. The first kappa shape index (κ1) is 11.0. The highest BCUT2D eigenvalue weighted by Gasteiger charge is 2.14. The van der Waals surface area contributed by atoms with E-state index in [1.807, 2.05) is 0 Å². The first-order valence-corrected chi connectivity index (χ1v) is 4.52. The third-order valence-electron chi connectivity index (χ3n) is 1.59. The van der Waals surface area contributed by atoms with Gasteiger partial charge in [0.05, 0.1) is 23.3 Å². The van der Waals surface area contributed by atoms with Gasteiger partial charge >= 0.3 is 0 Å². The molecule has 1 heterocycles. The molecule has 0 spiro atoms. The van der Waals surface area contributed by atoms with E-state index in [2.05, 4.69) is 20.9 Å². The lowest BCUT2D eigenvalue weighted by Gasteiger charge is -2.07. The first-order valence-electron chi connectivity index (χ1n) is 3.73. The Balaban J connectivity index is 3.13. The minimum atomic E-state index is -0.703. The molecule has 0 radical (unpaired) electrons. The van der Waals surface area contributed by atoms with Crippen molar-refractivity contribution in [2.75, 3.05) is 6.61 Å². The molecule has 0 saturated carbocycles. The second kappa shape index (κ2) is 4.45. The van der Waals surface area contributed by atoms with Crippen LogP contribution < -0.4 is 5.73 Å². The Bertz CT molecular complexity index is 358. The maximum absolute atomic E-state index is 10.5. The van der Waals surface area contributed by atoms with Gasteiger partial charge in [0.25, 0.3) is 5.69 Å². The zero-order valence-corrected chi connectivity index (χ0v) is 8.64. The van der Waals surface area contributed by atoms with Crippen molar-refractivity contribution in [2.45, 2.75) is 6.04 Å². The van der Waals surface area contributed by atoms with Gasteiger partial charge in [-0.2, -0.15) is 0 Å². The van der Waals surface area contributed by atoms with Gasteiger partial charge in [0, 0.05) is 12.1 Å². The number of halogens is 1. The number of hydrogen-bond acceptors (Lipinski definition) is 5. The van der Waals surface area contributed by atoms with Gasteiger partial charge in [0.1, 0.15) is 4.60 Å². The molecule has 6 nitrogen and oxygen atoms in total. The summed E-state index contributed by atoms with van der Waals surface area (Å²) in [5.41, 5.74) is 5.66. The molecule has 3 N–H and O–H groups in total. The number of aromatic nitrogens is 1. The molecule has 0 aliphatic rings. The number of aliphatic hydroxyl groups excluding tert-OH is 1. The molecule has 14 heavy (non-hydrogen) atoms. The zero-order chi connectivity index (χ0) is 10.7. The quantitative estimate of drug-likeness (QED) is 0.475. The molecular formula is C7H8BrN3O3. The Morgan fingerprint density at radius 1 is 1.71 bits per heavy atom. The van der Waals surface area contributed by atoms with Crippen LogP contribution in [-0.4, -0.2) is 21.6 Å². The molecule has 1 aromatic heterocycles. The van der Waals surface area contributed by atoms with Gasteiger partial charge in [-0.15, -0.1) is 0 Å². The number of pyridine rings is 1. The van der Waals surface area contributed by atoms with Gasteiger partial charge in [-0.25, -0.2) is 4.98 Å². The van der Waals surface area contributed by atoms with Crippen molar-refractivity contribution in [1.29, 1.82) is 0 Å². The third-order valence-corrected chi connectivity index (χ3v) is 1.99. The van der Waals surface area contributed by atoms with Crippen LogP contribution in [-0.2, 0) is 0 Å². The van der Waals surface area contributed by atoms with Gasteiger partial charge in [-0.1, -0.05) is 0 Å². The van der Waals surface area contributed by atoms with Crippen LogP contribution in [0.5, 0.6) is 0 Å². The minimum absolute atomic E-state index is 0.106. The molecule has 0 aromatic carbocycles. The number of nitro groups is 1. The van der Waals surface area contributed by atoms with Gasteiger partial charge in [-0.3, -0.25) is 10.1 Å². The van der Waals surface area contributed by atoms with Crippen molar-refractivity contribution in [3.8, 4) is 0 Å². The molecule has 0 amide bonds. The summed E-state index contributed by atoms with van der Waals surface area (Å²) in [6.07, 6.45) is 0. The van der Waals surface area contributed by atoms with Crippen LogP contribution in [0.4, 0.5) is 5.69 Å². The Kier molecular flexibility index (Phi) is 3.50. The van der Waals surface area contributed by atoms with Crippen LogP contribution in [0.1, 0.15) is 11.7 Å². The Morgan fingerprint density at radius 2 is 2.36 bits per heavy atom. The topological polar surface area (TPSA) is 102 Å². The highest BCUT2D eigenvalue weighted by atomic mass is 79.9. The Labute approximate surface area is 88.0 Å². The predicted molar refractivity (Wildman–Crippen MR) is 52.6 cm³/mol. The summed E-state index contributed by atoms with van der Waals surface area (Å²) in [5.74, 6) is 0. The second-order valence-electron chi connectivity index (χ2n) is 2.62. The first-order chi connectivity index (χ1) is 6.54. The van der Waals surface area contributed by atoms with Gasteiger partial charge < -0.3 is 10.8 Å². The van der Waals surface area contributed by atoms with E-state index in [0.717, 1.165) is 0 Å². The summed E-state index contributed by atoms with van der Waals surface area (Å²) >= 11 is 3.03. The van der Waals surface area contributed by atoms with Crippen molar-refractivity contribution in [1.82, 2.24) is 4.98 Å². The maximum atomic E-state index is 10.5. The monoisotopic (exact) mass is 261 g/mol. The number of rotatable bonds is 3. The number of hydrogen-bond donors (Lipinski definition) is 2. The molecule has 0 bridgehead atoms. The summed E-state index contributed by atoms with van der Waals surface area (Å²) < 4.78 is 0.325. The molecule has 7 heteroatoms. The molecule has 76 valence electrons. The molecule has 1 rings (SSSR count). The fourth-order valence-electron chi connectivity index (χ4n) is 0.892. The van der Waals surface area contributed by atoms with E-state index < -0.39 is 11.0 Å². The molecule has 1 aromatic rings. The van der Waals surface area contributed by atoms with Crippen molar-refractivity contribution in [2.24, 2.45) is 5.73 Å². The van der Waals surface area contributed by atoms with Crippen molar-refractivity contribution in [3.63, 3.8) is 0 Å². The summed E-state index contributed by atoms with van der Waals surface area (Å²) in [6, 6.07) is 1.81. The summed E-state index contributed by atoms with van der Waals surface area (Å²) in [6.45, 7) is -0.305. The van der Waals surface area contributed by atoms with Crippen molar-refractivity contribution < 1.29 is 10.0 Å². The van der Waals surface area contributed by atoms with E-state index in [9.17, 15) is 10.1 Å². The van der Waals surface area contributed by atoms with Crippen molar-refractivity contribution >= 4 is 21.6 Å². The van der Waals surface area contributed by atoms with Crippen LogP contribution in [0.15, 0.2) is 16.7 Å². The lowest BCUT2D eigenvalue weighted by Crippen LogP contribution is -2.16. The molecule has 0 aliphatic heterocycles. The van der Waals surface area contributed by atoms with E-state index in [1.54, 1.807) is 0 Å². The lowest BCUT2D eigenvalue weighted by atomic mass is 10.2. The molecule has 1 atom stereocenters. The smallest absolute Gasteiger partial charge is 0.274 e. The van der Waals surface area contributed by atoms with E-state index >= 15 is 0 Å². The number of nitrogens with two attached hydrogens (primary N) is 1. The van der Waals surface area contributed by atoms with Crippen LogP contribution in [0.2, 0.25) is 0 Å².